The van der Waals surface area contributed by atoms with E-state index in [0.717, 1.165) is 44.6 Å². The van der Waals surface area contributed by atoms with E-state index >= 15 is 0 Å². The number of esters is 1. The van der Waals surface area contributed by atoms with Gasteiger partial charge in [-0.25, -0.2) is 4.79 Å². The zero-order chi connectivity index (χ0) is 14.7. The molecule has 1 atom stereocenters. The lowest BCUT2D eigenvalue weighted by atomic mass is 10.1. The van der Waals surface area contributed by atoms with Crippen LogP contribution in [-0.4, -0.2) is 28.0 Å². The van der Waals surface area contributed by atoms with Gasteiger partial charge in [-0.1, -0.05) is 32.3 Å². The molecule has 0 amide bonds. The number of carbonyl (C=O) groups excluding carboxylic acids is 1. The molecule has 0 aromatic carbocycles. The van der Waals surface area contributed by atoms with Crippen molar-refractivity contribution in [2.24, 2.45) is 0 Å². The molecular formula is C13H25O5P. The van der Waals surface area contributed by atoms with E-state index in [0.29, 0.717) is 6.42 Å². The fourth-order valence-corrected chi connectivity index (χ4v) is 2.40. The topological polar surface area (TPSA) is 83.8 Å². The monoisotopic (exact) mass is 292 g/mol. The Morgan fingerprint density at radius 2 is 1.74 bits per heavy atom. The van der Waals surface area contributed by atoms with E-state index < -0.39 is 7.60 Å². The molecule has 0 fully saturated rings. The van der Waals surface area contributed by atoms with Gasteiger partial charge in [-0.2, -0.15) is 0 Å². The van der Waals surface area contributed by atoms with E-state index in [2.05, 4.69) is 6.58 Å². The molecule has 112 valence electrons. The lowest BCUT2D eigenvalue weighted by molar-refractivity contribution is -0.142. The summed E-state index contributed by atoms with van der Waals surface area (Å²) < 4.78 is 15.6. The minimum absolute atomic E-state index is 0.0124. The van der Waals surface area contributed by atoms with Crippen molar-refractivity contribution in [3.63, 3.8) is 0 Å². The highest BCUT2D eigenvalue weighted by Crippen LogP contribution is 2.35. The molecule has 0 spiro atoms. The Labute approximate surface area is 115 Å². The van der Waals surface area contributed by atoms with Gasteiger partial charge in [0.25, 0.3) is 0 Å². The molecule has 5 nitrogen and oxygen atoms in total. The first kappa shape index (κ1) is 18.4. The molecular weight excluding hydrogens is 267 g/mol. The fourth-order valence-electron chi connectivity index (χ4n) is 1.76. The highest BCUT2D eigenvalue weighted by atomic mass is 31.2. The average molecular weight is 292 g/mol. The summed E-state index contributed by atoms with van der Waals surface area (Å²) >= 11 is 0. The normalized spacial score (nSPS) is 13.0. The summed E-state index contributed by atoms with van der Waals surface area (Å²) in [5, 5.41) is 0. The minimum atomic E-state index is -3.81. The first-order valence-corrected chi connectivity index (χ1v) is 8.52. The molecule has 0 aromatic heterocycles. The molecule has 0 aliphatic heterocycles. The van der Waals surface area contributed by atoms with Crippen LogP contribution in [0.5, 0.6) is 0 Å². The Kier molecular flexibility index (Phi) is 9.84. The number of unbranched alkanes of at least 4 members (excludes halogenated alkanes) is 5. The van der Waals surface area contributed by atoms with Crippen molar-refractivity contribution < 1.29 is 23.9 Å². The Balaban J connectivity index is 3.34. The largest absolute Gasteiger partial charge is 0.460 e. The Bertz CT molecular complexity index is 310. The van der Waals surface area contributed by atoms with Gasteiger partial charge in [-0.15, -0.1) is 0 Å². The van der Waals surface area contributed by atoms with Gasteiger partial charge in [0.05, 0.1) is 6.10 Å². The van der Waals surface area contributed by atoms with Gasteiger partial charge in [0.2, 0.25) is 0 Å². The van der Waals surface area contributed by atoms with Gasteiger partial charge in [0, 0.05) is 12.2 Å². The molecule has 0 aliphatic rings. The third-order valence-electron chi connectivity index (χ3n) is 2.79. The summed E-state index contributed by atoms with van der Waals surface area (Å²) in [4.78, 5) is 28.3. The van der Waals surface area contributed by atoms with Crippen molar-refractivity contribution in [3.8, 4) is 0 Å². The zero-order valence-electron chi connectivity index (χ0n) is 11.6. The summed E-state index contributed by atoms with van der Waals surface area (Å²) in [5.41, 5.74) is 0. The smallest absolute Gasteiger partial charge is 0.330 e. The van der Waals surface area contributed by atoms with Crippen molar-refractivity contribution in [1.29, 1.82) is 0 Å². The van der Waals surface area contributed by atoms with Crippen molar-refractivity contribution in [2.45, 2.75) is 58.0 Å². The van der Waals surface area contributed by atoms with Gasteiger partial charge in [0.1, 0.15) is 0 Å². The molecule has 0 saturated carbocycles. The Morgan fingerprint density at radius 1 is 1.21 bits per heavy atom. The summed E-state index contributed by atoms with van der Waals surface area (Å²) in [5.74, 6) is -0.384. The van der Waals surface area contributed by atoms with Crippen LogP contribution in [0, 0.1) is 0 Å². The lowest BCUT2D eigenvalue weighted by Crippen LogP contribution is -2.12. The minimum Gasteiger partial charge on any atom is -0.460 e. The Morgan fingerprint density at radius 3 is 2.26 bits per heavy atom. The molecule has 0 heterocycles. The van der Waals surface area contributed by atoms with Crippen LogP contribution in [0.15, 0.2) is 12.7 Å². The van der Waals surface area contributed by atoms with Gasteiger partial charge in [0.15, 0.2) is 0 Å². The van der Waals surface area contributed by atoms with E-state index in [1.165, 1.54) is 0 Å². The van der Waals surface area contributed by atoms with Crippen molar-refractivity contribution in [3.05, 3.63) is 12.7 Å². The highest BCUT2D eigenvalue weighted by molar-refractivity contribution is 7.51. The number of carbonyl (C=O) groups is 1. The quantitative estimate of drug-likeness (QED) is 0.265. The SMILES string of the molecule is C=CC(=O)OC(C)CCCCCCCCP(=O)(O)O. The molecule has 0 saturated heterocycles. The van der Waals surface area contributed by atoms with E-state index in [1.54, 1.807) is 0 Å². The van der Waals surface area contributed by atoms with Gasteiger partial charge >= 0.3 is 13.6 Å². The van der Waals surface area contributed by atoms with Crippen molar-refractivity contribution in [1.82, 2.24) is 0 Å². The van der Waals surface area contributed by atoms with Gasteiger partial charge in [-0.3, -0.25) is 4.57 Å². The Hall–Kier alpha value is -0.640. The number of hydrogen-bond acceptors (Lipinski definition) is 3. The number of hydrogen-bond donors (Lipinski definition) is 2. The maximum Gasteiger partial charge on any atom is 0.330 e. The zero-order valence-corrected chi connectivity index (χ0v) is 12.5. The van der Waals surface area contributed by atoms with E-state index in [4.69, 9.17) is 14.5 Å². The molecule has 6 heteroatoms. The summed E-state index contributed by atoms with van der Waals surface area (Å²) in [6.07, 6.45) is 7.41. The molecule has 0 bridgehead atoms. The first-order valence-electron chi connectivity index (χ1n) is 6.73. The maximum atomic E-state index is 10.9. The van der Waals surface area contributed by atoms with Crippen LogP contribution < -0.4 is 0 Å². The highest BCUT2D eigenvalue weighted by Gasteiger charge is 2.11. The standard InChI is InChI=1S/C13H25O5P/c1-3-13(14)18-12(2)10-8-6-4-5-7-9-11-19(15,16)17/h3,12H,1,4-11H2,2H3,(H2,15,16,17). The fraction of sp³-hybridized carbons (Fsp3) is 0.769. The molecule has 0 rings (SSSR count). The average Bonchev–Trinajstić information content (AvgIpc) is 2.31. The molecule has 1 unspecified atom stereocenters. The van der Waals surface area contributed by atoms with E-state index in [9.17, 15) is 9.36 Å². The second-order valence-electron chi connectivity index (χ2n) is 4.75. The second kappa shape index (κ2) is 10.2. The van der Waals surface area contributed by atoms with Crippen LogP contribution >= 0.6 is 7.60 Å². The van der Waals surface area contributed by atoms with Crippen LogP contribution in [0.4, 0.5) is 0 Å². The molecule has 0 aliphatic carbocycles. The maximum absolute atomic E-state index is 10.9. The summed E-state index contributed by atoms with van der Waals surface area (Å²) in [6, 6.07) is 0. The second-order valence-corrected chi connectivity index (χ2v) is 6.53. The molecule has 0 radical (unpaired) electrons. The first-order chi connectivity index (χ1) is 8.85. The molecule has 2 N–H and O–H groups in total. The van der Waals surface area contributed by atoms with Gasteiger partial charge in [-0.05, 0) is 26.2 Å². The van der Waals surface area contributed by atoms with Crippen molar-refractivity contribution >= 4 is 13.6 Å². The van der Waals surface area contributed by atoms with Crippen molar-refractivity contribution in [2.75, 3.05) is 6.16 Å². The third-order valence-corrected chi connectivity index (χ3v) is 3.69. The van der Waals surface area contributed by atoms with Crippen LogP contribution in [0.25, 0.3) is 0 Å². The third kappa shape index (κ3) is 13.6. The summed E-state index contributed by atoms with van der Waals surface area (Å²) in [7, 11) is -3.81. The number of ether oxygens (including phenoxy) is 1. The van der Waals surface area contributed by atoms with Crippen LogP contribution in [0.2, 0.25) is 0 Å². The van der Waals surface area contributed by atoms with E-state index in [1.807, 2.05) is 6.92 Å². The molecule has 19 heavy (non-hydrogen) atoms. The van der Waals surface area contributed by atoms with Gasteiger partial charge < -0.3 is 14.5 Å². The predicted molar refractivity (Wildman–Crippen MR) is 75.0 cm³/mol. The van der Waals surface area contributed by atoms with Crippen LogP contribution in [0.3, 0.4) is 0 Å². The molecule has 0 aromatic rings. The van der Waals surface area contributed by atoms with E-state index in [-0.39, 0.29) is 18.2 Å². The predicted octanol–water partition coefficient (Wildman–Crippen LogP) is 3.01. The van der Waals surface area contributed by atoms with Crippen LogP contribution in [-0.2, 0) is 14.1 Å². The lowest BCUT2D eigenvalue weighted by Gasteiger charge is -2.11. The summed E-state index contributed by atoms with van der Waals surface area (Å²) in [6.45, 7) is 5.20. The number of rotatable bonds is 11. The van der Waals surface area contributed by atoms with Crippen LogP contribution in [0.1, 0.15) is 51.9 Å².